The number of aromatic nitrogens is 3. The summed E-state index contributed by atoms with van der Waals surface area (Å²) in [6.07, 6.45) is -2.84. The molecule has 0 saturated heterocycles. The van der Waals surface area contributed by atoms with Gasteiger partial charge in [-0.2, -0.15) is 18.3 Å². The van der Waals surface area contributed by atoms with Crippen LogP contribution in [-0.4, -0.2) is 52.8 Å². The predicted molar refractivity (Wildman–Crippen MR) is 94.5 cm³/mol. The minimum Gasteiger partial charge on any atom is -0.340 e. The molecule has 6 nitrogen and oxygen atoms in total. The quantitative estimate of drug-likeness (QED) is 0.787. The van der Waals surface area contributed by atoms with Crippen LogP contribution in [0.3, 0.4) is 0 Å². The van der Waals surface area contributed by atoms with Gasteiger partial charge >= 0.3 is 6.18 Å². The average molecular weight is 433 g/mol. The van der Waals surface area contributed by atoms with Crippen LogP contribution < -0.4 is 5.32 Å². The van der Waals surface area contributed by atoms with Gasteiger partial charge < -0.3 is 10.2 Å². The summed E-state index contributed by atoms with van der Waals surface area (Å²) in [7, 11) is 3.08. The second kappa shape index (κ2) is 8.90. The molecule has 0 unspecified atom stereocenters. The van der Waals surface area contributed by atoms with E-state index in [1.54, 1.807) is 7.05 Å². The molecule has 2 rings (SSSR count). The number of hydrogen-bond acceptors (Lipinski definition) is 4. The first kappa shape index (κ1) is 22.5. The molecule has 0 saturated carbocycles. The van der Waals surface area contributed by atoms with Gasteiger partial charge in [0.25, 0.3) is 5.91 Å². The Hall–Kier alpha value is -1.55. The van der Waals surface area contributed by atoms with Gasteiger partial charge in [-0.25, -0.2) is 9.67 Å². The maximum Gasteiger partial charge on any atom is 0.434 e. The van der Waals surface area contributed by atoms with Crippen LogP contribution in [-0.2, 0) is 6.18 Å². The van der Waals surface area contributed by atoms with Crippen molar-refractivity contribution >= 4 is 41.5 Å². The van der Waals surface area contributed by atoms with Crippen molar-refractivity contribution in [3.05, 3.63) is 39.8 Å². The molecule has 0 fully saturated rings. The monoisotopic (exact) mass is 431 g/mol. The molecule has 0 radical (unpaired) electrons. The van der Waals surface area contributed by atoms with Gasteiger partial charge in [-0.1, -0.05) is 23.2 Å². The van der Waals surface area contributed by atoms with E-state index in [1.165, 1.54) is 18.0 Å². The molecule has 0 aromatic carbocycles. The maximum atomic E-state index is 13.6. The molecule has 12 heteroatoms. The molecule has 26 heavy (non-hydrogen) atoms. The molecule has 2 aromatic rings. The van der Waals surface area contributed by atoms with Crippen molar-refractivity contribution in [1.82, 2.24) is 25.0 Å². The lowest BCUT2D eigenvalue weighted by molar-refractivity contribution is -0.143. The van der Waals surface area contributed by atoms with Crippen molar-refractivity contribution < 1.29 is 18.0 Å². The Morgan fingerprint density at radius 2 is 2.00 bits per heavy atom. The lowest BCUT2D eigenvalue weighted by Crippen LogP contribution is -2.34. The number of alkyl halides is 3. The largest absolute Gasteiger partial charge is 0.434 e. The van der Waals surface area contributed by atoms with E-state index in [9.17, 15) is 18.0 Å². The van der Waals surface area contributed by atoms with Crippen molar-refractivity contribution in [2.24, 2.45) is 0 Å². The Balaban J connectivity index is 0.00000338. The van der Waals surface area contributed by atoms with Crippen LogP contribution in [0.4, 0.5) is 13.2 Å². The van der Waals surface area contributed by atoms with Crippen LogP contribution >= 0.6 is 35.6 Å². The van der Waals surface area contributed by atoms with Gasteiger partial charge in [0.2, 0.25) is 0 Å². The Morgan fingerprint density at radius 1 is 1.35 bits per heavy atom. The van der Waals surface area contributed by atoms with Gasteiger partial charge in [0, 0.05) is 26.3 Å². The second-order valence-electron chi connectivity index (χ2n) is 5.11. The van der Waals surface area contributed by atoms with Crippen molar-refractivity contribution in [3.8, 4) is 5.82 Å². The van der Waals surface area contributed by atoms with Crippen molar-refractivity contribution in [2.75, 3.05) is 27.2 Å². The molecule has 1 amide bonds. The molecule has 1 N–H and O–H groups in total. The topological polar surface area (TPSA) is 63.1 Å². The number of likely N-dealkylation sites (N-methyl/N-ethyl adjacent to an activating group) is 2. The molecule has 0 spiro atoms. The van der Waals surface area contributed by atoms with Crippen LogP contribution in [0, 0.1) is 0 Å². The molecule has 0 aliphatic heterocycles. The average Bonchev–Trinajstić information content (AvgIpc) is 2.96. The van der Waals surface area contributed by atoms with Crippen molar-refractivity contribution in [2.45, 2.75) is 6.18 Å². The van der Waals surface area contributed by atoms with Crippen LogP contribution in [0.1, 0.15) is 16.1 Å². The third kappa shape index (κ3) is 4.79. The summed E-state index contributed by atoms with van der Waals surface area (Å²) in [6, 6.07) is 1.24. The summed E-state index contributed by atoms with van der Waals surface area (Å²) < 4.78 is 41.2. The highest BCUT2D eigenvalue weighted by molar-refractivity contribution is 6.35. The number of nitrogens with zero attached hydrogens (tertiary/aromatic N) is 4. The van der Waals surface area contributed by atoms with Crippen molar-refractivity contribution in [1.29, 1.82) is 0 Å². The Morgan fingerprint density at radius 3 is 2.54 bits per heavy atom. The first-order valence-corrected chi connectivity index (χ1v) is 7.79. The highest BCUT2D eigenvalue weighted by Gasteiger charge is 2.41. The van der Waals surface area contributed by atoms with E-state index in [2.05, 4.69) is 15.4 Å². The van der Waals surface area contributed by atoms with Gasteiger partial charge in [-0.3, -0.25) is 4.79 Å². The fourth-order valence-corrected chi connectivity index (χ4v) is 2.55. The summed E-state index contributed by atoms with van der Waals surface area (Å²) in [6.45, 7) is 0.667. The molecular weight excluding hydrogens is 418 g/mol. The van der Waals surface area contributed by atoms with E-state index in [4.69, 9.17) is 23.2 Å². The summed E-state index contributed by atoms with van der Waals surface area (Å²) in [5.74, 6) is -1.07. The van der Waals surface area contributed by atoms with E-state index in [0.717, 1.165) is 12.4 Å². The zero-order valence-electron chi connectivity index (χ0n) is 13.6. The summed E-state index contributed by atoms with van der Waals surface area (Å²) in [5.41, 5.74) is -1.83. The number of pyridine rings is 1. The van der Waals surface area contributed by atoms with Crippen LogP contribution in [0.5, 0.6) is 0 Å². The molecule has 0 atom stereocenters. The zero-order chi connectivity index (χ0) is 18.8. The van der Waals surface area contributed by atoms with Crippen LogP contribution in [0.2, 0.25) is 10.0 Å². The van der Waals surface area contributed by atoms with Crippen molar-refractivity contribution in [3.63, 3.8) is 0 Å². The Kier molecular flexibility index (Phi) is 7.70. The number of amides is 1. The van der Waals surface area contributed by atoms with Gasteiger partial charge in [-0.15, -0.1) is 12.4 Å². The van der Waals surface area contributed by atoms with E-state index >= 15 is 0 Å². The van der Waals surface area contributed by atoms with E-state index in [0.29, 0.717) is 11.2 Å². The highest BCUT2D eigenvalue weighted by Crippen LogP contribution is 2.35. The van der Waals surface area contributed by atoms with Gasteiger partial charge in [-0.05, 0) is 13.1 Å². The highest BCUT2D eigenvalue weighted by atomic mass is 35.5. The fraction of sp³-hybridized carbons (Fsp3) is 0.357. The lowest BCUT2D eigenvalue weighted by atomic mass is 10.2. The second-order valence-corrected chi connectivity index (χ2v) is 5.95. The molecule has 0 aliphatic rings. The smallest absolute Gasteiger partial charge is 0.340 e. The minimum absolute atomic E-state index is 0. The van der Waals surface area contributed by atoms with Crippen LogP contribution in [0.25, 0.3) is 5.82 Å². The summed E-state index contributed by atoms with van der Waals surface area (Å²) in [5, 5.41) is 6.53. The predicted octanol–water partition coefficient (Wildman–Crippen LogP) is 3.31. The van der Waals surface area contributed by atoms with Gasteiger partial charge in [0.15, 0.2) is 11.5 Å². The minimum atomic E-state index is -4.84. The van der Waals surface area contributed by atoms with Crippen LogP contribution in [0.15, 0.2) is 18.5 Å². The first-order valence-electron chi connectivity index (χ1n) is 7.03. The fourth-order valence-electron chi connectivity index (χ4n) is 2.09. The first-order chi connectivity index (χ1) is 11.7. The summed E-state index contributed by atoms with van der Waals surface area (Å²) in [4.78, 5) is 17.3. The number of carbonyl (C=O) groups excluding carboxylic acids is 1. The lowest BCUT2D eigenvalue weighted by Gasteiger charge is -2.18. The maximum absolute atomic E-state index is 13.6. The molecule has 144 valence electrons. The standard InChI is InChI=1S/C14H14Cl2F3N5O.ClH/c1-20-3-4-23(2)13(25)9-7-22-24(11(9)14(17,18)19)12-10(16)5-8(15)6-21-12;/h5-7,20H,3-4H2,1-2H3;1H. The SMILES string of the molecule is CNCCN(C)C(=O)c1cnn(-c2ncc(Cl)cc2Cl)c1C(F)(F)F.Cl. The number of rotatable bonds is 5. The number of carbonyl (C=O) groups is 1. The van der Waals surface area contributed by atoms with Gasteiger partial charge in [0.1, 0.15) is 0 Å². The number of halogens is 6. The summed E-state index contributed by atoms with van der Waals surface area (Å²) >= 11 is 11.6. The third-order valence-electron chi connectivity index (χ3n) is 3.30. The van der Waals surface area contributed by atoms with Gasteiger partial charge in [0.05, 0.1) is 21.8 Å². The molecule has 2 heterocycles. The van der Waals surface area contributed by atoms with E-state index < -0.39 is 23.3 Å². The molecule has 2 aromatic heterocycles. The number of hydrogen-bond donors (Lipinski definition) is 1. The molecule has 0 aliphatic carbocycles. The van der Waals surface area contributed by atoms with E-state index in [-0.39, 0.29) is 34.8 Å². The molecular formula is C14H15Cl3F3N5O. The molecule has 0 bridgehead atoms. The van der Waals surface area contributed by atoms with E-state index in [1.807, 2.05) is 0 Å². The normalized spacial score (nSPS) is 11.2. The Labute approximate surface area is 163 Å². The zero-order valence-corrected chi connectivity index (χ0v) is 16.0. The third-order valence-corrected chi connectivity index (χ3v) is 3.79. The number of nitrogens with one attached hydrogen (secondary N) is 1. The Bertz CT molecular complexity index is 782.